The van der Waals surface area contributed by atoms with Crippen LogP contribution in [-0.2, 0) is 4.79 Å². The first-order valence-corrected chi connectivity index (χ1v) is 6.09. The van der Waals surface area contributed by atoms with E-state index in [0.717, 1.165) is 5.82 Å². The summed E-state index contributed by atoms with van der Waals surface area (Å²) in [4.78, 5) is 20.0. The molecule has 0 saturated heterocycles. The number of halogens is 2. The van der Waals surface area contributed by atoms with Crippen molar-refractivity contribution in [2.45, 2.75) is 19.9 Å². The number of aromatic nitrogens is 3. The van der Waals surface area contributed by atoms with E-state index in [1.807, 2.05) is 13.0 Å². The van der Waals surface area contributed by atoms with Gasteiger partial charge in [-0.1, -0.05) is 6.92 Å². The van der Waals surface area contributed by atoms with Gasteiger partial charge in [0.25, 0.3) is 0 Å². The highest BCUT2D eigenvalue weighted by Gasteiger charge is 2.16. The number of nitrogens with zero attached hydrogens (tertiary/aromatic N) is 3. The summed E-state index contributed by atoms with van der Waals surface area (Å²) < 4.78 is 1.79. The van der Waals surface area contributed by atoms with Gasteiger partial charge in [0.1, 0.15) is 12.1 Å². The van der Waals surface area contributed by atoms with Crippen LogP contribution in [-0.4, -0.2) is 26.5 Å². The zero-order valence-electron chi connectivity index (χ0n) is 11.8. The van der Waals surface area contributed by atoms with Gasteiger partial charge in [-0.25, -0.2) is 9.97 Å². The molecule has 0 aromatic carbocycles. The van der Waals surface area contributed by atoms with Gasteiger partial charge in [-0.3, -0.25) is 9.36 Å². The number of carbonyl (C=O) groups excluding carboxylic acids is 1. The Morgan fingerprint density at radius 1 is 1.33 bits per heavy atom. The van der Waals surface area contributed by atoms with Crippen LogP contribution >= 0.6 is 24.8 Å². The maximum Gasteiger partial charge on any atom is 0.228 e. The van der Waals surface area contributed by atoms with Gasteiger partial charge in [-0.05, 0) is 19.1 Å². The SMILES string of the molecule is CC(N)C(C)C(=O)Nc1ccc(-n2ccnc2)nc1.Cl.Cl. The van der Waals surface area contributed by atoms with Crippen LogP contribution in [0.4, 0.5) is 5.69 Å². The first kappa shape index (κ1) is 19.4. The van der Waals surface area contributed by atoms with Crippen molar-refractivity contribution in [2.75, 3.05) is 5.32 Å². The predicted octanol–water partition coefficient (Wildman–Crippen LogP) is 2.03. The second-order valence-electron chi connectivity index (χ2n) is 4.51. The molecule has 2 heterocycles. The van der Waals surface area contributed by atoms with Crippen LogP contribution in [0.2, 0.25) is 0 Å². The molecular formula is C13H19Cl2N5O. The number of pyridine rings is 1. The van der Waals surface area contributed by atoms with Gasteiger partial charge in [0.15, 0.2) is 0 Å². The van der Waals surface area contributed by atoms with Crippen molar-refractivity contribution in [3.8, 4) is 5.82 Å². The number of nitrogens with two attached hydrogens (primary N) is 1. The van der Waals surface area contributed by atoms with Crippen molar-refractivity contribution >= 4 is 36.4 Å². The molecule has 0 aliphatic rings. The molecule has 2 aromatic heterocycles. The number of hydrogen-bond donors (Lipinski definition) is 2. The lowest BCUT2D eigenvalue weighted by Crippen LogP contribution is -2.34. The average molecular weight is 332 g/mol. The molecule has 116 valence electrons. The number of carbonyl (C=O) groups is 1. The van der Waals surface area contributed by atoms with Crippen molar-refractivity contribution in [3.63, 3.8) is 0 Å². The fourth-order valence-corrected chi connectivity index (χ4v) is 1.50. The molecule has 0 saturated carbocycles. The monoisotopic (exact) mass is 331 g/mol. The van der Waals surface area contributed by atoms with Crippen LogP contribution in [0.3, 0.4) is 0 Å². The molecule has 2 rings (SSSR count). The molecule has 0 aliphatic heterocycles. The van der Waals surface area contributed by atoms with Crippen molar-refractivity contribution in [3.05, 3.63) is 37.1 Å². The maximum absolute atomic E-state index is 11.8. The lowest BCUT2D eigenvalue weighted by Gasteiger charge is -2.15. The van der Waals surface area contributed by atoms with E-state index in [1.54, 1.807) is 42.5 Å². The number of rotatable bonds is 4. The Morgan fingerprint density at radius 2 is 2.05 bits per heavy atom. The van der Waals surface area contributed by atoms with Crippen LogP contribution in [0.1, 0.15) is 13.8 Å². The number of hydrogen-bond acceptors (Lipinski definition) is 4. The number of imidazole rings is 1. The zero-order chi connectivity index (χ0) is 13.8. The summed E-state index contributed by atoms with van der Waals surface area (Å²) in [7, 11) is 0. The Labute approximate surface area is 136 Å². The highest BCUT2D eigenvalue weighted by Crippen LogP contribution is 2.11. The topological polar surface area (TPSA) is 85.8 Å². The normalized spacial score (nSPS) is 12.5. The highest BCUT2D eigenvalue weighted by molar-refractivity contribution is 5.92. The molecule has 2 atom stereocenters. The van der Waals surface area contributed by atoms with Gasteiger partial charge >= 0.3 is 0 Å². The summed E-state index contributed by atoms with van der Waals surface area (Å²) in [5.74, 6) is 0.399. The molecule has 21 heavy (non-hydrogen) atoms. The van der Waals surface area contributed by atoms with E-state index in [9.17, 15) is 4.79 Å². The number of nitrogens with one attached hydrogen (secondary N) is 1. The zero-order valence-corrected chi connectivity index (χ0v) is 13.4. The fraction of sp³-hybridized carbons (Fsp3) is 0.308. The van der Waals surface area contributed by atoms with Crippen molar-refractivity contribution < 1.29 is 4.79 Å². The number of amides is 1. The van der Waals surface area contributed by atoms with E-state index in [-0.39, 0.29) is 42.7 Å². The third-order valence-electron chi connectivity index (χ3n) is 2.99. The highest BCUT2D eigenvalue weighted by atomic mass is 35.5. The molecule has 0 aliphatic carbocycles. The molecule has 6 nitrogen and oxygen atoms in total. The van der Waals surface area contributed by atoms with Crippen LogP contribution in [0.5, 0.6) is 0 Å². The Bertz CT molecular complexity index is 542. The minimum absolute atomic E-state index is 0. The molecular weight excluding hydrogens is 313 g/mol. The average Bonchev–Trinajstić information content (AvgIpc) is 2.92. The number of anilines is 1. The molecule has 1 amide bonds. The standard InChI is InChI=1S/C13H17N5O.2ClH/c1-9(10(2)14)13(19)17-11-3-4-12(16-7-11)18-6-5-15-8-18;;/h3-10H,14H2,1-2H3,(H,17,19);2*1H. The van der Waals surface area contributed by atoms with Crippen molar-refractivity contribution in [1.29, 1.82) is 0 Å². The van der Waals surface area contributed by atoms with Crippen LogP contribution in [0.25, 0.3) is 5.82 Å². The van der Waals surface area contributed by atoms with E-state index >= 15 is 0 Å². The van der Waals surface area contributed by atoms with Gasteiger partial charge in [0.05, 0.1) is 17.8 Å². The first-order chi connectivity index (χ1) is 9.08. The van der Waals surface area contributed by atoms with E-state index in [0.29, 0.717) is 5.69 Å². The van der Waals surface area contributed by atoms with Crippen LogP contribution < -0.4 is 11.1 Å². The molecule has 8 heteroatoms. The van der Waals surface area contributed by atoms with Crippen LogP contribution in [0.15, 0.2) is 37.1 Å². The minimum atomic E-state index is -0.242. The van der Waals surface area contributed by atoms with E-state index < -0.39 is 0 Å². The second kappa shape index (κ2) is 8.61. The van der Waals surface area contributed by atoms with Gasteiger partial charge < -0.3 is 11.1 Å². The molecule has 0 radical (unpaired) electrons. The quantitative estimate of drug-likeness (QED) is 0.897. The third kappa shape index (κ3) is 5.00. The molecule has 0 bridgehead atoms. The Kier molecular flexibility index (Phi) is 7.94. The summed E-state index contributed by atoms with van der Waals surface area (Å²) in [5, 5.41) is 2.79. The predicted molar refractivity (Wildman–Crippen MR) is 87.3 cm³/mol. The van der Waals surface area contributed by atoms with E-state index in [1.165, 1.54) is 0 Å². The van der Waals surface area contributed by atoms with Crippen LogP contribution in [0, 0.1) is 5.92 Å². The van der Waals surface area contributed by atoms with E-state index in [2.05, 4.69) is 15.3 Å². The Balaban J connectivity index is 0.00000200. The second-order valence-corrected chi connectivity index (χ2v) is 4.51. The molecule has 3 N–H and O–H groups in total. The smallest absolute Gasteiger partial charge is 0.228 e. The molecule has 0 spiro atoms. The van der Waals surface area contributed by atoms with Gasteiger partial charge in [-0.2, -0.15) is 0 Å². The lowest BCUT2D eigenvalue weighted by atomic mass is 10.0. The molecule has 0 fully saturated rings. The van der Waals surface area contributed by atoms with E-state index in [4.69, 9.17) is 5.73 Å². The summed E-state index contributed by atoms with van der Waals surface area (Å²) >= 11 is 0. The van der Waals surface area contributed by atoms with Gasteiger partial charge in [0, 0.05) is 18.4 Å². The summed E-state index contributed by atoms with van der Waals surface area (Å²) in [6, 6.07) is 3.43. The largest absolute Gasteiger partial charge is 0.327 e. The third-order valence-corrected chi connectivity index (χ3v) is 2.99. The Hall–Kier alpha value is -1.63. The molecule has 2 unspecified atom stereocenters. The van der Waals surface area contributed by atoms with Gasteiger partial charge in [0.2, 0.25) is 5.91 Å². The molecule has 2 aromatic rings. The lowest BCUT2D eigenvalue weighted by molar-refractivity contribution is -0.119. The minimum Gasteiger partial charge on any atom is -0.327 e. The summed E-state index contributed by atoms with van der Waals surface area (Å²) in [5.41, 5.74) is 6.35. The first-order valence-electron chi connectivity index (χ1n) is 6.09. The Morgan fingerprint density at radius 3 is 2.52 bits per heavy atom. The van der Waals surface area contributed by atoms with Crippen molar-refractivity contribution in [1.82, 2.24) is 14.5 Å². The summed E-state index contributed by atoms with van der Waals surface area (Å²) in [6.07, 6.45) is 6.76. The summed E-state index contributed by atoms with van der Waals surface area (Å²) in [6.45, 7) is 3.61. The maximum atomic E-state index is 11.8. The van der Waals surface area contributed by atoms with Crippen molar-refractivity contribution in [2.24, 2.45) is 11.7 Å². The fourth-order valence-electron chi connectivity index (χ4n) is 1.50. The van der Waals surface area contributed by atoms with Gasteiger partial charge in [-0.15, -0.1) is 24.8 Å².